The molecule has 16 heavy (non-hydrogen) atoms. The van der Waals surface area contributed by atoms with Crippen molar-refractivity contribution in [1.82, 2.24) is 9.55 Å². The Labute approximate surface area is 104 Å². The normalized spacial score (nSPS) is 10.6. The second-order valence-corrected chi connectivity index (χ2v) is 4.58. The van der Waals surface area contributed by atoms with E-state index >= 15 is 0 Å². The van der Waals surface area contributed by atoms with Gasteiger partial charge in [0.1, 0.15) is 0 Å². The van der Waals surface area contributed by atoms with Crippen LogP contribution < -0.4 is 5.56 Å². The second kappa shape index (κ2) is 3.95. The lowest BCUT2D eigenvalue weighted by Crippen LogP contribution is -2.26. The van der Waals surface area contributed by atoms with Gasteiger partial charge in [-0.3, -0.25) is 9.59 Å². The van der Waals surface area contributed by atoms with E-state index in [-0.39, 0.29) is 4.77 Å². The molecule has 1 N–H and O–H groups in total. The minimum Gasteiger partial charge on any atom is -0.331 e. The number of fused-ring (bicyclic) bond motifs is 1. The van der Waals surface area contributed by atoms with E-state index in [0.29, 0.717) is 10.9 Å². The lowest BCUT2D eigenvalue weighted by Gasteiger charge is -2.04. The number of hydrogen-bond donors (Lipinski definition) is 1. The van der Waals surface area contributed by atoms with E-state index < -0.39 is 11.5 Å². The minimum absolute atomic E-state index is 0.118. The summed E-state index contributed by atoms with van der Waals surface area (Å²) in [6.45, 7) is 1.30. The van der Waals surface area contributed by atoms with Gasteiger partial charge < -0.3 is 4.98 Å². The molecule has 6 heteroatoms. The molecule has 2 aromatic rings. The van der Waals surface area contributed by atoms with Gasteiger partial charge in [-0.25, -0.2) is 4.57 Å². The Morgan fingerprint density at radius 1 is 1.50 bits per heavy atom. The topological polar surface area (TPSA) is 54.9 Å². The second-order valence-electron chi connectivity index (χ2n) is 3.28. The first-order valence-corrected chi connectivity index (χ1v) is 5.66. The van der Waals surface area contributed by atoms with Crippen LogP contribution in [0.2, 0.25) is 0 Å². The molecule has 0 aliphatic rings. The number of H-pyrrole nitrogens is 1. The molecule has 0 saturated carbocycles. The zero-order valence-corrected chi connectivity index (χ0v) is 10.7. The minimum atomic E-state index is -0.396. The van der Waals surface area contributed by atoms with Gasteiger partial charge in [-0.05, 0) is 30.4 Å². The summed E-state index contributed by atoms with van der Waals surface area (Å²) in [5, 5.41) is 0.429. The Morgan fingerprint density at radius 3 is 2.81 bits per heavy atom. The maximum Gasteiger partial charge on any atom is 0.269 e. The van der Waals surface area contributed by atoms with Gasteiger partial charge >= 0.3 is 0 Å². The molecule has 0 unspecified atom stereocenters. The largest absolute Gasteiger partial charge is 0.331 e. The van der Waals surface area contributed by atoms with E-state index in [1.807, 2.05) is 0 Å². The Bertz CT molecular complexity index is 702. The highest BCUT2D eigenvalue weighted by Gasteiger charge is 2.08. The molecule has 0 spiro atoms. The van der Waals surface area contributed by atoms with Crippen molar-refractivity contribution >= 4 is 45.0 Å². The maximum absolute atomic E-state index is 12.0. The van der Waals surface area contributed by atoms with Crippen molar-refractivity contribution in [2.24, 2.45) is 0 Å². The fourth-order valence-electron chi connectivity index (χ4n) is 1.47. The Morgan fingerprint density at radius 2 is 2.19 bits per heavy atom. The van der Waals surface area contributed by atoms with E-state index in [1.54, 1.807) is 18.2 Å². The highest BCUT2D eigenvalue weighted by molar-refractivity contribution is 9.10. The van der Waals surface area contributed by atoms with Crippen LogP contribution in [0.15, 0.2) is 27.5 Å². The average molecular weight is 299 g/mol. The first kappa shape index (κ1) is 11.2. The summed E-state index contributed by atoms with van der Waals surface area (Å²) >= 11 is 8.22. The third-order valence-corrected chi connectivity index (χ3v) is 2.95. The predicted molar refractivity (Wildman–Crippen MR) is 67.4 cm³/mol. The van der Waals surface area contributed by atoms with Crippen LogP contribution in [-0.4, -0.2) is 15.5 Å². The molecule has 0 fully saturated rings. The standard InChI is InChI=1S/C10H7BrN2O2S/c1-5(14)13-9(15)7-4-6(11)2-3-8(7)12-10(13)16/h2-4H,1H3,(H,12,16). The van der Waals surface area contributed by atoms with Gasteiger partial charge in [0.05, 0.1) is 10.9 Å². The highest BCUT2D eigenvalue weighted by atomic mass is 79.9. The molecule has 0 amide bonds. The lowest BCUT2D eigenvalue weighted by molar-refractivity contribution is 0.0930. The van der Waals surface area contributed by atoms with Crippen LogP contribution in [0.25, 0.3) is 10.9 Å². The summed E-state index contributed by atoms with van der Waals surface area (Å²) in [5.74, 6) is -0.395. The van der Waals surface area contributed by atoms with E-state index in [4.69, 9.17) is 12.2 Å². The fraction of sp³-hybridized carbons (Fsp3) is 0.100. The summed E-state index contributed by atoms with van der Waals surface area (Å²) in [4.78, 5) is 26.1. The van der Waals surface area contributed by atoms with Crippen LogP contribution in [0.1, 0.15) is 11.7 Å². The first-order valence-electron chi connectivity index (χ1n) is 4.46. The molecule has 2 rings (SSSR count). The lowest BCUT2D eigenvalue weighted by atomic mass is 10.2. The smallest absolute Gasteiger partial charge is 0.269 e. The summed E-state index contributed by atoms with van der Waals surface area (Å²) in [5.41, 5.74) is 0.225. The maximum atomic E-state index is 12.0. The van der Waals surface area contributed by atoms with Crippen molar-refractivity contribution < 1.29 is 4.79 Å². The van der Waals surface area contributed by atoms with Crippen LogP contribution >= 0.6 is 28.1 Å². The molecule has 0 aliphatic carbocycles. The third-order valence-electron chi connectivity index (χ3n) is 2.17. The molecule has 0 saturated heterocycles. The molecular weight excluding hydrogens is 292 g/mol. The van der Waals surface area contributed by atoms with Crippen molar-refractivity contribution in [2.75, 3.05) is 0 Å². The first-order chi connectivity index (χ1) is 7.50. The monoisotopic (exact) mass is 298 g/mol. The van der Waals surface area contributed by atoms with Gasteiger partial charge in [-0.15, -0.1) is 0 Å². The summed E-state index contributed by atoms with van der Waals surface area (Å²) < 4.78 is 1.84. The zero-order chi connectivity index (χ0) is 11.9. The van der Waals surface area contributed by atoms with Gasteiger partial charge in [0, 0.05) is 11.4 Å². The Kier molecular flexibility index (Phi) is 2.77. The number of hydrogen-bond acceptors (Lipinski definition) is 3. The predicted octanol–water partition coefficient (Wildman–Crippen LogP) is 2.48. The molecule has 0 radical (unpaired) electrons. The number of aromatic amines is 1. The quantitative estimate of drug-likeness (QED) is 0.760. The SMILES string of the molecule is CC(=O)n1c(=S)[nH]c2ccc(Br)cc2c1=O. The number of halogens is 1. The zero-order valence-electron chi connectivity index (χ0n) is 8.28. The number of rotatable bonds is 0. The number of carbonyl (C=O) groups is 1. The number of benzene rings is 1. The average Bonchev–Trinajstić information content (AvgIpc) is 2.19. The van der Waals surface area contributed by atoms with E-state index in [2.05, 4.69) is 20.9 Å². The number of nitrogens with zero attached hydrogens (tertiary/aromatic N) is 1. The van der Waals surface area contributed by atoms with Crippen molar-refractivity contribution in [1.29, 1.82) is 0 Å². The van der Waals surface area contributed by atoms with Crippen LogP contribution in [0.5, 0.6) is 0 Å². The van der Waals surface area contributed by atoms with Crippen LogP contribution in [0.3, 0.4) is 0 Å². The molecule has 82 valence electrons. The third kappa shape index (κ3) is 1.74. The van der Waals surface area contributed by atoms with Gasteiger partial charge in [0.25, 0.3) is 5.56 Å². The number of nitrogens with one attached hydrogen (secondary N) is 1. The molecule has 1 heterocycles. The van der Waals surface area contributed by atoms with Crippen LogP contribution in [0.4, 0.5) is 0 Å². The van der Waals surface area contributed by atoms with Gasteiger partial charge in [0.15, 0.2) is 4.77 Å². The molecular formula is C10H7BrN2O2S. The Hall–Kier alpha value is -1.27. The summed E-state index contributed by atoms with van der Waals surface area (Å²) in [6.07, 6.45) is 0. The molecule has 1 aromatic heterocycles. The van der Waals surface area contributed by atoms with Crippen molar-refractivity contribution in [3.05, 3.63) is 37.8 Å². The van der Waals surface area contributed by atoms with Gasteiger partial charge in [-0.1, -0.05) is 15.9 Å². The van der Waals surface area contributed by atoms with E-state index in [9.17, 15) is 9.59 Å². The fourth-order valence-corrected chi connectivity index (χ4v) is 2.15. The molecule has 0 atom stereocenters. The van der Waals surface area contributed by atoms with Crippen molar-refractivity contribution in [3.63, 3.8) is 0 Å². The highest BCUT2D eigenvalue weighted by Crippen LogP contribution is 2.15. The van der Waals surface area contributed by atoms with Crippen molar-refractivity contribution in [2.45, 2.75) is 6.92 Å². The number of aromatic nitrogens is 2. The van der Waals surface area contributed by atoms with Gasteiger partial charge in [-0.2, -0.15) is 0 Å². The molecule has 1 aromatic carbocycles. The summed E-state index contributed by atoms with van der Waals surface area (Å²) in [7, 11) is 0. The molecule has 4 nitrogen and oxygen atoms in total. The van der Waals surface area contributed by atoms with Gasteiger partial charge in [0.2, 0.25) is 5.91 Å². The van der Waals surface area contributed by atoms with Crippen molar-refractivity contribution in [3.8, 4) is 0 Å². The van der Waals surface area contributed by atoms with Crippen LogP contribution in [-0.2, 0) is 0 Å². The van der Waals surface area contributed by atoms with E-state index in [0.717, 1.165) is 9.04 Å². The number of carbonyl (C=O) groups excluding carboxylic acids is 1. The summed E-state index contributed by atoms with van der Waals surface area (Å²) in [6, 6.07) is 5.19. The Balaban J connectivity index is 3.03. The molecule has 0 aliphatic heterocycles. The van der Waals surface area contributed by atoms with E-state index in [1.165, 1.54) is 6.92 Å². The molecule has 0 bridgehead atoms. The van der Waals surface area contributed by atoms with Crippen LogP contribution in [0, 0.1) is 4.77 Å².